The van der Waals surface area contributed by atoms with Crippen molar-refractivity contribution in [2.24, 2.45) is 0 Å². The van der Waals surface area contributed by atoms with Crippen LogP contribution in [-0.4, -0.2) is 32.4 Å². The number of hydrogen-bond donors (Lipinski definition) is 1. The molecule has 0 radical (unpaired) electrons. The lowest BCUT2D eigenvalue weighted by Crippen LogP contribution is -2.49. The average molecular weight is 335 g/mol. The van der Waals surface area contributed by atoms with E-state index in [-0.39, 0.29) is 0 Å². The Morgan fingerprint density at radius 2 is 1.94 bits per heavy atom. The average Bonchev–Trinajstić information content (AvgIpc) is 2.14. The van der Waals surface area contributed by atoms with Crippen molar-refractivity contribution in [3.05, 3.63) is 34.3 Å². The minimum Gasteiger partial charge on any atom is -0.196 e. The van der Waals surface area contributed by atoms with E-state index in [9.17, 15) is 8.42 Å². The lowest BCUT2D eigenvalue weighted by Gasteiger charge is -2.28. The van der Waals surface area contributed by atoms with Gasteiger partial charge in [0.25, 0.3) is 10.2 Å². The Bertz CT molecular complexity index is 513. The van der Waals surface area contributed by atoms with E-state index in [0.29, 0.717) is 6.42 Å². The molecule has 0 spiro atoms. The molecular weight excluding hydrogens is 316 g/mol. The van der Waals surface area contributed by atoms with Crippen LogP contribution in [0.2, 0.25) is 0 Å². The van der Waals surface area contributed by atoms with Gasteiger partial charge < -0.3 is 0 Å². The van der Waals surface area contributed by atoms with Crippen LogP contribution >= 0.6 is 15.9 Å². The van der Waals surface area contributed by atoms with Crippen LogP contribution in [0, 0.1) is 0 Å². The molecule has 0 amide bonds. The van der Waals surface area contributed by atoms with Gasteiger partial charge in [-0.1, -0.05) is 28.1 Å². The summed E-state index contributed by atoms with van der Waals surface area (Å²) in [6.07, 6.45) is 0.625. The molecule has 0 fully saturated rings. The largest absolute Gasteiger partial charge is 0.279 e. The quantitative estimate of drug-likeness (QED) is 0.897. The summed E-state index contributed by atoms with van der Waals surface area (Å²) in [6.45, 7) is 3.74. The molecule has 0 aromatic heterocycles. The van der Waals surface area contributed by atoms with Gasteiger partial charge in [-0.2, -0.15) is 17.4 Å². The predicted octanol–water partition coefficient (Wildman–Crippen LogP) is 2.17. The first kappa shape index (κ1) is 15.6. The van der Waals surface area contributed by atoms with Crippen LogP contribution in [0.1, 0.15) is 19.4 Å². The Hall–Kier alpha value is -0.430. The monoisotopic (exact) mass is 334 g/mol. The van der Waals surface area contributed by atoms with Gasteiger partial charge in [-0.05, 0) is 38.0 Å². The highest BCUT2D eigenvalue weighted by Gasteiger charge is 2.26. The highest BCUT2D eigenvalue weighted by atomic mass is 79.9. The molecule has 0 aliphatic carbocycles. The van der Waals surface area contributed by atoms with Crippen LogP contribution in [0.4, 0.5) is 0 Å². The van der Waals surface area contributed by atoms with Crippen LogP contribution in [0.5, 0.6) is 0 Å². The van der Waals surface area contributed by atoms with E-state index in [2.05, 4.69) is 20.7 Å². The second-order valence-corrected chi connectivity index (χ2v) is 7.88. The summed E-state index contributed by atoms with van der Waals surface area (Å²) in [6, 6.07) is 7.86. The number of benzene rings is 1. The van der Waals surface area contributed by atoms with Gasteiger partial charge >= 0.3 is 0 Å². The zero-order valence-corrected chi connectivity index (χ0v) is 13.5. The minimum atomic E-state index is -3.41. The van der Waals surface area contributed by atoms with E-state index in [4.69, 9.17) is 0 Å². The molecule has 1 N–H and O–H groups in total. The van der Waals surface area contributed by atoms with Crippen molar-refractivity contribution in [1.82, 2.24) is 9.03 Å². The van der Waals surface area contributed by atoms with Crippen molar-refractivity contribution in [1.29, 1.82) is 0 Å². The van der Waals surface area contributed by atoms with Gasteiger partial charge in [0.2, 0.25) is 0 Å². The number of halogens is 1. The Kier molecular flexibility index (Phi) is 4.94. The zero-order valence-electron chi connectivity index (χ0n) is 11.1. The predicted molar refractivity (Wildman–Crippen MR) is 77.7 cm³/mol. The number of rotatable bonds is 5. The summed E-state index contributed by atoms with van der Waals surface area (Å²) in [5.74, 6) is 0. The van der Waals surface area contributed by atoms with Gasteiger partial charge in [0.15, 0.2) is 0 Å². The van der Waals surface area contributed by atoms with Gasteiger partial charge in [0, 0.05) is 24.1 Å². The Balaban J connectivity index is 2.83. The van der Waals surface area contributed by atoms with Gasteiger partial charge in [0.1, 0.15) is 0 Å². The van der Waals surface area contributed by atoms with Gasteiger partial charge in [0.05, 0.1) is 0 Å². The fourth-order valence-corrected chi connectivity index (χ4v) is 3.03. The van der Waals surface area contributed by atoms with Gasteiger partial charge in [-0.15, -0.1) is 0 Å². The maximum absolute atomic E-state index is 11.8. The number of nitrogens with one attached hydrogen (secondary N) is 1. The summed E-state index contributed by atoms with van der Waals surface area (Å²) in [5.41, 5.74) is 0.542. The van der Waals surface area contributed by atoms with Crippen LogP contribution in [-0.2, 0) is 16.6 Å². The Morgan fingerprint density at radius 1 is 1.33 bits per heavy atom. The van der Waals surface area contributed by atoms with Crippen molar-refractivity contribution in [3.63, 3.8) is 0 Å². The van der Waals surface area contributed by atoms with E-state index < -0.39 is 15.7 Å². The maximum atomic E-state index is 11.8. The van der Waals surface area contributed by atoms with Crippen LogP contribution in [0.3, 0.4) is 0 Å². The van der Waals surface area contributed by atoms with Crippen LogP contribution in [0.15, 0.2) is 28.7 Å². The molecule has 102 valence electrons. The fraction of sp³-hybridized carbons (Fsp3) is 0.500. The fourth-order valence-electron chi connectivity index (χ4n) is 1.63. The molecule has 1 aromatic carbocycles. The Labute approximate surface area is 118 Å². The summed E-state index contributed by atoms with van der Waals surface area (Å²) in [4.78, 5) is 0. The minimum absolute atomic E-state index is 0.538. The second kappa shape index (κ2) is 5.69. The van der Waals surface area contributed by atoms with Gasteiger partial charge in [-0.25, -0.2) is 0 Å². The van der Waals surface area contributed by atoms with Crippen molar-refractivity contribution in [2.75, 3.05) is 14.1 Å². The molecular formula is C12H19BrN2O2S. The van der Waals surface area contributed by atoms with Crippen molar-refractivity contribution < 1.29 is 8.42 Å². The third-order valence-electron chi connectivity index (χ3n) is 2.42. The number of nitrogens with zero attached hydrogens (tertiary/aromatic N) is 1. The molecule has 4 nitrogen and oxygen atoms in total. The lowest BCUT2D eigenvalue weighted by atomic mass is 9.96. The molecule has 0 saturated heterocycles. The molecule has 6 heteroatoms. The van der Waals surface area contributed by atoms with Crippen molar-refractivity contribution in [3.8, 4) is 0 Å². The zero-order chi connectivity index (χ0) is 14.0. The van der Waals surface area contributed by atoms with Crippen molar-refractivity contribution in [2.45, 2.75) is 25.8 Å². The first-order chi connectivity index (χ1) is 8.12. The molecule has 1 rings (SSSR count). The molecule has 0 saturated carbocycles. The molecule has 0 aliphatic heterocycles. The molecule has 1 aromatic rings. The van der Waals surface area contributed by atoms with E-state index in [1.807, 2.05) is 38.1 Å². The second-order valence-electron chi connectivity index (χ2n) is 5.08. The Morgan fingerprint density at radius 3 is 2.44 bits per heavy atom. The molecule has 0 heterocycles. The third-order valence-corrected chi connectivity index (χ3v) is 4.69. The third kappa shape index (κ3) is 4.68. The van der Waals surface area contributed by atoms with E-state index in [1.54, 1.807) is 0 Å². The topological polar surface area (TPSA) is 49.4 Å². The molecule has 0 unspecified atom stereocenters. The molecule has 0 bridgehead atoms. The highest BCUT2D eigenvalue weighted by Crippen LogP contribution is 2.18. The van der Waals surface area contributed by atoms with Crippen LogP contribution in [0.25, 0.3) is 0 Å². The van der Waals surface area contributed by atoms with Crippen LogP contribution < -0.4 is 4.72 Å². The normalized spacial score (nSPS) is 13.0. The summed E-state index contributed by atoms with van der Waals surface area (Å²) in [7, 11) is -0.392. The molecule has 0 aliphatic rings. The summed E-state index contributed by atoms with van der Waals surface area (Å²) >= 11 is 3.41. The lowest BCUT2D eigenvalue weighted by molar-refractivity contribution is 0.423. The SMILES string of the molecule is CN(C)S(=O)(=O)NC(C)(C)Cc1cccc(Br)c1. The highest BCUT2D eigenvalue weighted by molar-refractivity contribution is 9.10. The van der Waals surface area contributed by atoms with E-state index in [0.717, 1.165) is 10.0 Å². The van der Waals surface area contributed by atoms with E-state index >= 15 is 0 Å². The smallest absolute Gasteiger partial charge is 0.196 e. The standard InChI is InChI=1S/C12H19BrN2O2S/c1-12(2,14-18(16,17)15(3)4)9-10-6-5-7-11(13)8-10/h5-8,14H,9H2,1-4H3. The molecule has 0 atom stereocenters. The maximum Gasteiger partial charge on any atom is 0.279 e. The van der Waals surface area contributed by atoms with Gasteiger partial charge in [-0.3, -0.25) is 0 Å². The van der Waals surface area contributed by atoms with Crippen molar-refractivity contribution >= 4 is 26.1 Å². The first-order valence-corrected chi connectivity index (χ1v) is 7.81. The number of hydrogen-bond acceptors (Lipinski definition) is 2. The summed E-state index contributed by atoms with van der Waals surface area (Å²) < 4.78 is 28.5. The van der Waals surface area contributed by atoms with E-state index in [1.165, 1.54) is 18.4 Å². The summed E-state index contributed by atoms with van der Waals surface area (Å²) in [5, 5.41) is 0. The first-order valence-electron chi connectivity index (χ1n) is 5.58. The molecule has 18 heavy (non-hydrogen) atoms.